The topological polar surface area (TPSA) is 57.2 Å². The number of nitrogens with zero attached hydrogens (tertiary/aromatic N) is 5. The molecule has 1 N–H and O–H groups in total. The van der Waals surface area contributed by atoms with Gasteiger partial charge in [0, 0.05) is 38.1 Å². The van der Waals surface area contributed by atoms with Gasteiger partial charge in [-0.05, 0) is 49.2 Å². The van der Waals surface area contributed by atoms with Crippen LogP contribution in [0.1, 0.15) is 12.0 Å². The first-order valence-corrected chi connectivity index (χ1v) is 9.50. The van der Waals surface area contributed by atoms with Crippen molar-refractivity contribution in [1.29, 1.82) is 0 Å². The number of halogens is 1. The van der Waals surface area contributed by atoms with Crippen LogP contribution in [0, 0.1) is 12.7 Å². The Morgan fingerprint density at radius 3 is 2.76 bits per heavy atom. The van der Waals surface area contributed by atoms with Gasteiger partial charge in [0.2, 0.25) is 0 Å². The molecule has 0 amide bonds. The van der Waals surface area contributed by atoms with Gasteiger partial charge in [0.05, 0.1) is 17.6 Å². The summed E-state index contributed by atoms with van der Waals surface area (Å²) in [4.78, 5) is 17.6. The van der Waals surface area contributed by atoms with Crippen LogP contribution in [0.4, 0.5) is 21.7 Å². The summed E-state index contributed by atoms with van der Waals surface area (Å²) in [5.74, 6) is 1.63. The molecule has 0 bridgehead atoms. The second-order valence-electron chi connectivity index (χ2n) is 7.15. The summed E-state index contributed by atoms with van der Waals surface area (Å²) in [6.07, 6.45) is 5.78. The number of hydrogen-bond acceptors (Lipinski definition) is 6. The lowest BCUT2D eigenvalue weighted by Gasteiger charge is -2.27. The van der Waals surface area contributed by atoms with E-state index in [1.807, 2.05) is 25.4 Å². The second-order valence-corrected chi connectivity index (χ2v) is 7.15. The monoisotopic (exact) mass is 390 g/mol. The molecule has 29 heavy (non-hydrogen) atoms. The molecule has 148 valence electrons. The first-order valence-electron chi connectivity index (χ1n) is 9.50. The van der Waals surface area contributed by atoms with Gasteiger partial charge < -0.3 is 15.1 Å². The molecule has 4 heterocycles. The van der Waals surface area contributed by atoms with Gasteiger partial charge in [-0.2, -0.15) is 0 Å². The summed E-state index contributed by atoms with van der Waals surface area (Å²) in [5, 5.41) is 3.17. The van der Waals surface area contributed by atoms with Crippen LogP contribution in [0.5, 0.6) is 0 Å². The van der Waals surface area contributed by atoms with Crippen molar-refractivity contribution in [3.8, 4) is 11.3 Å². The van der Waals surface area contributed by atoms with E-state index in [0.717, 1.165) is 47.8 Å². The van der Waals surface area contributed by atoms with Gasteiger partial charge in [-0.25, -0.2) is 14.4 Å². The summed E-state index contributed by atoms with van der Waals surface area (Å²) in [6, 6.07) is 9.14. The minimum atomic E-state index is -0.374. The van der Waals surface area contributed by atoms with E-state index in [0.29, 0.717) is 11.6 Å². The zero-order valence-corrected chi connectivity index (χ0v) is 16.6. The zero-order valence-electron chi connectivity index (χ0n) is 16.6. The largest absolute Gasteiger partial charge is 0.372 e. The molecule has 0 fully saturated rings. The van der Waals surface area contributed by atoms with Crippen molar-refractivity contribution in [1.82, 2.24) is 15.0 Å². The van der Waals surface area contributed by atoms with E-state index in [-0.39, 0.29) is 5.82 Å². The molecule has 3 aromatic heterocycles. The lowest BCUT2D eigenvalue weighted by Crippen LogP contribution is -2.28. The van der Waals surface area contributed by atoms with Crippen LogP contribution < -0.4 is 15.1 Å². The molecule has 0 aromatic carbocycles. The Bertz CT molecular complexity index is 1030. The maximum atomic E-state index is 13.2. The fourth-order valence-electron chi connectivity index (χ4n) is 3.41. The Kier molecular flexibility index (Phi) is 5.12. The number of nitrogens with one attached hydrogen (secondary N) is 1. The van der Waals surface area contributed by atoms with E-state index in [1.165, 1.54) is 12.3 Å². The highest BCUT2D eigenvalue weighted by atomic mass is 19.1. The average Bonchev–Trinajstić information content (AvgIpc) is 2.88. The average molecular weight is 390 g/mol. The highest BCUT2D eigenvalue weighted by Crippen LogP contribution is 2.34. The molecule has 0 aliphatic carbocycles. The molecule has 0 unspecified atom stereocenters. The fraction of sp³-hybridized carbons (Fsp3) is 0.227. The predicted molar refractivity (Wildman–Crippen MR) is 114 cm³/mol. The summed E-state index contributed by atoms with van der Waals surface area (Å²) in [7, 11) is 2.07. The van der Waals surface area contributed by atoms with Crippen molar-refractivity contribution >= 4 is 17.3 Å². The van der Waals surface area contributed by atoms with Crippen LogP contribution in [0.25, 0.3) is 11.3 Å². The zero-order chi connectivity index (χ0) is 20.4. The molecule has 1 aliphatic heterocycles. The first kappa shape index (κ1) is 18.9. The van der Waals surface area contributed by atoms with Gasteiger partial charge in [0.15, 0.2) is 5.82 Å². The number of hydrogen-bond donors (Lipinski definition) is 1. The number of pyridine rings is 3. The van der Waals surface area contributed by atoms with Crippen molar-refractivity contribution in [3.63, 3.8) is 0 Å². The summed E-state index contributed by atoms with van der Waals surface area (Å²) in [6.45, 7) is 7.88. The highest BCUT2D eigenvalue weighted by molar-refractivity contribution is 5.75. The van der Waals surface area contributed by atoms with E-state index in [9.17, 15) is 4.39 Å². The standard InChI is InChI=1S/C22H23FN6/c1-15-11-17(13-24-12-15)19-6-7-20-22(27-19)29(10-4-9-28(20)3)16(2)26-21-8-5-18(23)14-25-21/h5-8,11-14H,2,4,9-10H2,1,3H3,(H,25,26). The molecule has 3 aromatic rings. The lowest BCUT2D eigenvalue weighted by molar-refractivity contribution is 0.622. The van der Waals surface area contributed by atoms with Gasteiger partial charge in [-0.3, -0.25) is 4.98 Å². The normalized spacial score (nSPS) is 13.6. The molecule has 0 spiro atoms. The molecule has 1 aliphatic rings. The Morgan fingerprint density at radius 1 is 1.14 bits per heavy atom. The van der Waals surface area contributed by atoms with E-state index in [4.69, 9.17) is 4.98 Å². The van der Waals surface area contributed by atoms with Crippen LogP contribution in [0.3, 0.4) is 0 Å². The summed E-state index contributed by atoms with van der Waals surface area (Å²) >= 11 is 0. The van der Waals surface area contributed by atoms with Crippen molar-refractivity contribution in [2.45, 2.75) is 13.3 Å². The van der Waals surface area contributed by atoms with Gasteiger partial charge in [-0.1, -0.05) is 6.58 Å². The molecular formula is C22H23FN6. The molecule has 7 heteroatoms. The Morgan fingerprint density at radius 2 is 2.00 bits per heavy atom. The van der Waals surface area contributed by atoms with Crippen LogP contribution >= 0.6 is 0 Å². The number of anilines is 3. The molecule has 0 saturated heterocycles. The second kappa shape index (κ2) is 7.87. The first-order chi connectivity index (χ1) is 14.0. The summed E-state index contributed by atoms with van der Waals surface area (Å²) < 4.78 is 13.2. The molecule has 4 rings (SSSR count). The third kappa shape index (κ3) is 4.03. The Labute approximate surface area is 169 Å². The van der Waals surface area contributed by atoms with Crippen LogP contribution in [0.2, 0.25) is 0 Å². The summed E-state index contributed by atoms with van der Waals surface area (Å²) in [5.41, 5.74) is 3.94. The molecule has 0 saturated carbocycles. The van der Waals surface area contributed by atoms with E-state index in [1.54, 1.807) is 6.07 Å². The van der Waals surface area contributed by atoms with Crippen molar-refractivity contribution in [2.24, 2.45) is 0 Å². The molecular weight excluding hydrogens is 367 g/mol. The number of aromatic nitrogens is 3. The third-order valence-corrected chi connectivity index (χ3v) is 4.89. The fourth-order valence-corrected chi connectivity index (χ4v) is 3.41. The maximum Gasteiger partial charge on any atom is 0.158 e. The minimum Gasteiger partial charge on any atom is -0.372 e. The van der Waals surface area contributed by atoms with Crippen molar-refractivity contribution in [2.75, 3.05) is 35.3 Å². The SMILES string of the molecule is C=C(Nc1ccc(F)cn1)N1CCCN(C)c2ccc(-c3cncc(C)c3)nc21. The van der Waals surface area contributed by atoms with Crippen LogP contribution in [-0.4, -0.2) is 35.1 Å². The number of rotatable bonds is 4. The molecule has 0 atom stereocenters. The van der Waals surface area contributed by atoms with Gasteiger partial charge in [0.25, 0.3) is 0 Å². The van der Waals surface area contributed by atoms with E-state index >= 15 is 0 Å². The lowest BCUT2D eigenvalue weighted by atomic mass is 10.1. The van der Waals surface area contributed by atoms with E-state index < -0.39 is 0 Å². The smallest absolute Gasteiger partial charge is 0.158 e. The van der Waals surface area contributed by atoms with Crippen molar-refractivity contribution in [3.05, 3.63) is 72.7 Å². The number of aryl methyl sites for hydroxylation is 1. The van der Waals surface area contributed by atoms with E-state index in [2.05, 4.69) is 50.8 Å². The van der Waals surface area contributed by atoms with Gasteiger partial charge >= 0.3 is 0 Å². The Hall–Kier alpha value is -3.48. The molecule has 6 nitrogen and oxygen atoms in total. The predicted octanol–water partition coefficient (Wildman–Crippen LogP) is 4.22. The molecule has 0 radical (unpaired) electrons. The van der Waals surface area contributed by atoms with Crippen LogP contribution in [0.15, 0.2) is 61.3 Å². The Balaban J connectivity index is 1.70. The third-order valence-electron chi connectivity index (χ3n) is 4.89. The maximum absolute atomic E-state index is 13.2. The van der Waals surface area contributed by atoms with Crippen molar-refractivity contribution < 1.29 is 4.39 Å². The van der Waals surface area contributed by atoms with Gasteiger partial charge in [-0.15, -0.1) is 0 Å². The van der Waals surface area contributed by atoms with Gasteiger partial charge in [0.1, 0.15) is 17.5 Å². The quantitative estimate of drug-likeness (QED) is 0.720. The highest BCUT2D eigenvalue weighted by Gasteiger charge is 2.23. The number of fused-ring (bicyclic) bond motifs is 1. The minimum absolute atomic E-state index is 0.374. The van der Waals surface area contributed by atoms with Crippen LogP contribution in [-0.2, 0) is 0 Å².